The molecule has 7 heteroatoms. The summed E-state index contributed by atoms with van der Waals surface area (Å²) in [6.07, 6.45) is 3.07. The molecular weight excluding hydrogens is 318 g/mol. The van der Waals surface area contributed by atoms with Gasteiger partial charge in [-0.05, 0) is 55.5 Å². The number of carbonyl (C=O) groups is 2. The van der Waals surface area contributed by atoms with Crippen LogP contribution in [0.5, 0.6) is 0 Å². The normalized spacial score (nSPS) is 10.1. The number of nitrogens with one attached hydrogen (secondary N) is 2. The molecule has 3 aromatic rings. The second kappa shape index (κ2) is 7.31. The van der Waals surface area contributed by atoms with Crippen molar-refractivity contribution in [3.63, 3.8) is 0 Å². The van der Waals surface area contributed by atoms with Crippen LogP contribution in [0.1, 0.15) is 27.6 Å². The van der Waals surface area contributed by atoms with E-state index in [0.717, 1.165) is 5.69 Å². The van der Waals surface area contributed by atoms with Crippen LogP contribution in [0.2, 0.25) is 0 Å². The fourth-order valence-corrected chi connectivity index (χ4v) is 2.09. The third-order valence-electron chi connectivity index (χ3n) is 3.39. The maximum Gasteiger partial charge on any atom is 0.258 e. The first-order valence-corrected chi connectivity index (χ1v) is 7.55. The van der Waals surface area contributed by atoms with E-state index < -0.39 is 0 Å². The molecule has 0 saturated carbocycles. The van der Waals surface area contributed by atoms with Crippen molar-refractivity contribution in [2.75, 3.05) is 10.6 Å². The lowest BCUT2D eigenvalue weighted by molar-refractivity contribution is 0.101. The molecule has 0 fully saturated rings. The number of benzene rings is 1. The Labute approximate surface area is 144 Å². The highest BCUT2D eigenvalue weighted by atomic mass is 16.1. The number of anilines is 3. The Balaban J connectivity index is 1.64. The molecule has 7 nitrogen and oxygen atoms in total. The van der Waals surface area contributed by atoms with E-state index in [1.54, 1.807) is 54.7 Å². The molecule has 0 aliphatic rings. The Kier molecular flexibility index (Phi) is 4.75. The number of ketones is 1. The van der Waals surface area contributed by atoms with E-state index in [1.807, 2.05) is 0 Å². The van der Waals surface area contributed by atoms with Crippen LogP contribution in [0, 0.1) is 0 Å². The molecular formula is C18H15N5O2. The van der Waals surface area contributed by atoms with Crippen LogP contribution >= 0.6 is 0 Å². The van der Waals surface area contributed by atoms with Crippen LogP contribution in [0.3, 0.4) is 0 Å². The highest BCUT2D eigenvalue weighted by molar-refractivity contribution is 6.03. The zero-order valence-electron chi connectivity index (χ0n) is 13.4. The molecule has 0 radical (unpaired) electrons. The van der Waals surface area contributed by atoms with Gasteiger partial charge in [-0.25, -0.2) is 0 Å². The number of hydrogen-bond acceptors (Lipinski definition) is 6. The Morgan fingerprint density at radius 1 is 0.880 bits per heavy atom. The summed E-state index contributed by atoms with van der Waals surface area (Å²) in [5.41, 5.74) is 1.87. The van der Waals surface area contributed by atoms with Gasteiger partial charge < -0.3 is 10.6 Å². The maximum atomic E-state index is 12.0. The first-order chi connectivity index (χ1) is 12.1. The van der Waals surface area contributed by atoms with Crippen LogP contribution < -0.4 is 10.6 Å². The van der Waals surface area contributed by atoms with Gasteiger partial charge in [-0.2, -0.15) is 0 Å². The molecule has 124 valence electrons. The van der Waals surface area contributed by atoms with Crippen molar-refractivity contribution in [1.29, 1.82) is 0 Å². The van der Waals surface area contributed by atoms with Gasteiger partial charge in [0.1, 0.15) is 0 Å². The largest absolute Gasteiger partial charge is 0.339 e. The van der Waals surface area contributed by atoms with Gasteiger partial charge in [0.25, 0.3) is 5.91 Å². The van der Waals surface area contributed by atoms with E-state index in [-0.39, 0.29) is 11.7 Å². The van der Waals surface area contributed by atoms with Crippen molar-refractivity contribution in [3.05, 3.63) is 72.1 Å². The molecule has 0 spiro atoms. The molecule has 0 aliphatic heterocycles. The number of nitrogens with zero attached hydrogens (tertiary/aromatic N) is 3. The van der Waals surface area contributed by atoms with Gasteiger partial charge >= 0.3 is 0 Å². The lowest BCUT2D eigenvalue weighted by Crippen LogP contribution is -2.13. The molecule has 2 N–H and O–H groups in total. The monoisotopic (exact) mass is 333 g/mol. The molecule has 3 rings (SSSR count). The summed E-state index contributed by atoms with van der Waals surface area (Å²) in [5.74, 6) is 0.573. The number of Topliss-reactive ketones (excluding diaryl/α,β-unsaturated/α-hetero) is 1. The van der Waals surface area contributed by atoms with Crippen molar-refractivity contribution in [2.45, 2.75) is 6.92 Å². The fraction of sp³-hybridized carbons (Fsp3) is 0.0556. The number of hydrogen-bond donors (Lipinski definition) is 2. The summed E-state index contributed by atoms with van der Waals surface area (Å²) >= 11 is 0. The van der Waals surface area contributed by atoms with Gasteiger partial charge in [-0.3, -0.25) is 14.6 Å². The van der Waals surface area contributed by atoms with Gasteiger partial charge in [0, 0.05) is 23.6 Å². The first-order valence-electron chi connectivity index (χ1n) is 7.55. The number of rotatable bonds is 5. The summed E-state index contributed by atoms with van der Waals surface area (Å²) in [6.45, 7) is 1.52. The highest BCUT2D eigenvalue weighted by Crippen LogP contribution is 2.16. The average Bonchev–Trinajstić information content (AvgIpc) is 2.64. The Morgan fingerprint density at radius 3 is 2.20 bits per heavy atom. The predicted molar refractivity (Wildman–Crippen MR) is 94.0 cm³/mol. The minimum Gasteiger partial charge on any atom is -0.339 e. The smallest absolute Gasteiger partial charge is 0.258 e. The fourth-order valence-electron chi connectivity index (χ4n) is 2.09. The van der Waals surface area contributed by atoms with E-state index in [1.165, 1.54) is 13.1 Å². The maximum absolute atomic E-state index is 12.0. The summed E-state index contributed by atoms with van der Waals surface area (Å²) < 4.78 is 0. The molecule has 0 saturated heterocycles. The minimum absolute atomic E-state index is 0.0139. The van der Waals surface area contributed by atoms with E-state index in [9.17, 15) is 9.59 Å². The second-order valence-corrected chi connectivity index (χ2v) is 5.26. The van der Waals surface area contributed by atoms with Crippen LogP contribution in [0.25, 0.3) is 0 Å². The van der Waals surface area contributed by atoms with Gasteiger partial charge in [0.05, 0.1) is 5.56 Å². The number of carbonyl (C=O) groups excluding carboxylic acids is 2. The summed E-state index contributed by atoms with van der Waals surface area (Å²) in [4.78, 5) is 27.2. The zero-order chi connectivity index (χ0) is 17.6. The average molecular weight is 333 g/mol. The molecule has 2 aromatic heterocycles. The van der Waals surface area contributed by atoms with E-state index >= 15 is 0 Å². The van der Waals surface area contributed by atoms with E-state index in [0.29, 0.717) is 22.8 Å². The molecule has 1 amide bonds. The predicted octanol–water partition coefficient (Wildman–Crippen LogP) is 3.07. The SMILES string of the molecule is CC(=O)c1ccc(Nc2ccc(NC(=O)c3cccnc3)nn2)cc1. The Bertz CT molecular complexity index is 878. The van der Waals surface area contributed by atoms with Crippen LogP contribution in [0.15, 0.2) is 60.9 Å². The lowest BCUT2D eigenvalue weighted by atomic mass is 10.1. The lowest BCUT2D eigenvalue weighted by Gasteiger charge is -2.07. The van der Waals surface area contributed by atoms with Crippen molar-refractivity contribution in [3.8, 4) is 0 Å². The minimum atomic E-state index is -0.303. The molecule has 0 unspecified atom stereocenters. The molecule has 1 aromatic carbocycles. The highest BCUT2D eigenvalue weighted by Gasteiger charge is 2.07. The molecule has 2 heterocycles. The second-order valence-electron chi connectivity index (χ2n) is 5.26. The summed E-state index contributed by atoms with van der Waals surface area (Å²) in [7, 11) is 0. The van der Waals surface area contributed by atoms with Gasteiger partial charge in [-0.15, -0.1) is 10.2 Å². The van der Waals surface area contributed by atoms with Crippen LogP contribution in [-0.4, -0.2) is 26.9 Å². The van der Waals surface area contributed by atoms with Crippen molar-refractivity contribution >= 4 is 29.0 Å². The third kappa shape index (κ3) is 4.23. The van der Waals surface area contributed by atoms with Gasteiger partial charge in [0.15, 0.2) is 17.4 Å². The van der Waals surface area contributed by atoms with Crippen molar-refractivity contribution in [1.82, 2.24) is 15.2 Å². The number of amides is 1. The van der Waals surface area contributed by atoms with Crippen LogP contribution in [-0.2, 0) is 0 Å². The quantitative estimate of drug-likeness (QED) is 0.697. The third-order valence-corrected chi connectivity index (χ3v) is 3.39. The Hall–Kier alpha value is -3.61. The molecule has 0 bridgehead atoms. The molecule has 0 atom stereocenters. The van der Waals surface area contributed by atoms with E-state index in [4.69, 9.17) is 0 Å². The van der Waals surface area contributed by atoms with Gasteiger partial charge in [-0.1, -0.05) is 0 Å². The van der Waals surface area contributed by atoms with Crippen LogP contribution in [0.4, 0.5) is 17.3 Å². The molecule has 25 heavy (non-hydrogen) atoms. The summed E-state index contributed by atoms with van der Waals surface area (Å²) in [6, 6.07) is 13.7. The van der Waals surface area contributed by atoms with E-state index in [2.05, 4.69) is 25.8 Å². The van der Waals surface area contributed by atoms with Crippen molar-refractivity contribution in [2.24, 2.45) is 0 Å². The first kappa shape index (κ1) is 16.3. The summed E-state index contributed by atoms with van der Waals surface area (Å²) in [5, 5.41) is 13.7. The van der Waals surface area contributed by atoms with Crippen molar-refractivity contribution < 1.29 is 9.59 Å². The van der Waals surface area contributed by atoms with Gasteiger partial charge in [0.2, 0.25) is 0 Å². The zero-order valence-corrected chi connectivity index (χ0v) is 13.4. The topological polar surface area (TPSA) is 96.9 Å². The number of pyridine rings is 1. The standard InChI is InChI=1S/C18H15N5O2/c1-12(24)13-4-6-15(7-5-13)20-16-8-9-17(23-22-16)21-18(25)14-3-2-10-19-11-14/h2-11H,1H3,(H,20,22)(H,21,23,25). The molecule has 0 aliphatic carbocycles. The Morgan fingerprint density at radius 2 is 1.60 bits per heavy atom. The number of aromatic nitrogens is 3.